The fourth-order valence-electron chi connectivity index (χ4n) is 2.93. The van der Waals surface area contributed by atoms with Gasteiger partial charge < -0.3 is 10.3 Å². The number of hydrogen-bond donors (Lipinski definition) is 2. The molecule has 1 amide bonds. The molecule has 0 radical (unpaired) electrons. The van der Waals surface area contributed by atoms with E-state index in [1.54, 1.807) is 0 Å². The van der Waals surface area contributed by atoms with Crippen LogP contribution in [-0.4, -0.2) is 31.3 Å². The van der Waals surface area contributed by atoms with Crippen molar-refractivity contribution in [3.05, 3.63) is 54.1 Å². The molecule has 0 saturated heterocycles. The van der Waals surface area contributed by atoms with E-state index in [2.05, 4.69) is 25.5 Å². The number of nitrogens with zero attached hydrogens (tertiary/aromatic N) is 3. The Hall–Kier alpha value is -2.93. The third-order valence-electron chi connectivity index (χ3n) is 4.42. The topological polar surface area (TPSA) is 83.6 Å². The minimum atomic E-state index is -0.298. The highest BCUT2D eigenvalue weighted by atomic mass is 32.2. The maximum Gasteiger partial charge on any atom is 0.237 e. The van der Waals surface area contributed by atoms with Gasteiger partial charge in [0.25, 0.3) is 0 Å². The third-order valence-corrected chi connectivity index (χ3v) is 5.63. The number of carbonyl (C=O) groups is 1. The summed E-state index contributed by atoms with van der Waals surface area (Å²) in [5, 5.41) is 12.7. The Morgan fingerprint density at radius 1 is 1.15 bits per heavy atom. The van der Waals surface area contributed by atoms with Crippen LogP contribution in [0.3, 0.4) is 0 Å². The summed E-state index contributed by atoms with van der Waals surface area (Å²) >= 11 is 1.33. The molecule has 0 aliphatic rings. The number of nitrogens with one attached hydrogen (secondary N) is 2. The molecule has 2 aromatic heterocycles. The first-order valence-corrected chi connectivity index (χ1v) is 9.68. The van der Waals surface area contributed by atoms with Crippen LogP contribution in [0.4, 0.5) is 5.69 Å². The van der Waals surface area contributed by atoms with Crippen LogP contribution in [0.2, 0.25) is 0 Å². The highest BCUT2D eigenvalue weighted by Gasteiger charge is 2.21. The molecular formula is C20H19N5OS. The van der Waals surface area contributed by atoms with Gasteiger partial charge in [0, 0.05) is 16.6 Å². The van der Waals surface area contributed by atoms with Gasteiger partial charge in [0.1, 0.15) is 5.52 Å². The van der Waals surface area contributed by atoms with E-state index in [0.717, 1.165) is 27.7 Å². The molecule has 1 atom stereocenters. The molecule has 0 fully saturated rings. The molecule has 0 saturated carbocycles. The normalized spacial score (nSPS) is 12.4. The summed E-state index contributed by atoms with van der Waals surface area (Å²) in [7, 11) is 0. The number of para-hydroxylation sites is 2. The van der Waals surface area contributed by atoms with Crippen molar-refractivity contribution in [1.82, 2.24) is 20.2 Å². The number of aryl methyl sites for hydroxylation is 1. The number of rotatable bonds is 5. The van der Waals surface area contributed by atoms with Crippen LogP contribution in [0.15, 0.2) is 53.7 Å². The summed E-state index contributed by atoms with van der Waals surface area (Å²) in [6.45, 7) is 3.95. The predicted molar refractivity (Wildman–Crippen MR) is 109 cm³/mol. The van der Waals surface area contributed by atoms with Crippen molar-refractivity contribution in [2.24, 2.45) is 0 Å². The minimum Gasteiger partial charge on any atom is -0.338 e. The molecule has 0 bridgehead atoms. The van der Waals surface area contributed by atoms with E-state index in [1.165, 1.54) is 11.8 Å². The van der Waals surface area contributed by atoms with E-state index in [1.807, 2.05) is 62.4 Å². The van der Waals surface area contributed by atoms with Gasteiger partial charge in [0.05, 0.1) is 5.25 Å². The monoisotopic (exact) mass is 377 g/mol. The summed E-state index contributed by atoms with van der Waals surface area (Å²) in [5.41, 5.74) is 4.26. The van der Waals surface area contributed by atoms with Gasteiger partial charge in [0.15, 0.2) is 5.65 Å². The lowest BCUT2D eigenvalue weighted by Crippen LogP contribution is -2.25. The zero-order valence-corrected chi connectivity index (χ0v) is 15.9. The van der Waals surface area contributed by atoms with Gasteiger partial charge in [-0.3, -0.25) is 4.79 Å². The van der Waals surface area contributed by atoms with E-state index >= 15 is 0 Å². The number of thioether (sulfide) groups is 1. The molecule has 4 rings (SSSR count). The molecule has 2 aromatic carbocycles. The van der Waals surface area contributed by atoms with E-state index < -0.39 is 0 Å². The smallest absolute Gasteiger partial charge is 0.237 e. The minimum absolute atomic E-state index is 0.0582. The quantitative estimate of drug-likeness (QED) is 0.506. The Bertz CT molecular complexity index is 1120. The Morgan fingerprint density at radius 3 is 2.74 bits per heavy atom. The number of anilines is 1. The van der Waals surface area contributed by atoms with Crippen LogP contribution in [0.25, 0.3) is 22.1 Å². The number of benzene rings is 2. The fraction of sp³-hybridized carbons (Fsp3) is 0.200. The molecule has 4 aromatic rings. The highest BCUT2D eigenvalue weighted by Crippen LogP contribution is 2.27. The summed E-state index contributed by atoms with van der Waals surface area (Å²) < 4.78 is 0. The molecule has 27 heavy (non-hydrogen) atoms. The Morgan fingerprint density at radius 2 is 1.93 bits per heavy atom. The lowest BCUT2D eigenvalue weighted by molar-refractivity contribution is -0.115. The summed E-state index contributed by atoms with van der Waals surface area (Å²) in [6.07, 6.45) is 0.663. The van der Waals surface area contributed by atoms with Crippen LogP contribution >= 0.6 is 11.8 Å². The zero-order chi connectivity index (χ0) is 18.8. The number of fused-ring (bicyclic) bond motifs is 3. The molecule has 136 valence electrons. The number of hydrogen-bond acceptors (Lipinski definition) is 5. The van der Waals surface area contributed by atoms with Crippen LogP contribution < -0.4 is 5.32 Å². The average Bonchev–Trinajstić information content (AvgIpc) is 3.05. The number of H-pyrrole nitrogens is 1. The number of aromatic amines is 1. The van der Waals surface area contributed by atoms with Gasteiger partial charge in [-0.05, 0) is 31.0 Å². The molecule has 2 heterocycles. The Labute approximate surface area is 160 Å². The van der Waals surface area contributed by atoms with Crippen molar-refractivity contribution in [1.29, 1.82) is 0 Å². The first-order chi connectivity index (χ1) is 13.2. The second-order valence-electron chi connectivity index (χ2n) is 6.28. The fourth-order valence-corrected chi connectivity index (χ4v) is 3.75. The first-order valence-electron chi connectivity index (χ1n) is 8.80. The number of amides is 1. The lowest BCUT2D eigenvalue weighted by Gasteiger charge is -2.14. The molecule has 1 unspecified atom stereocenters. The third kappa shape index (κ3) is 3.50. The van der Waals surface area contributed by atoms with Gasteiger partial charge in [0.2, 0.25) is 11.1 Å². The number of carbonyl (C=O) groups excluding carboxylic acids is 1. The Kier molecular flexibility index (Phi) is 4.77. The second kappa shape index (κ2) is 7.36. The van der Waals surface area contributed by atoms with Crippen LogP contribution in [-0.2, 0) is 4.79 Å². The lowest BCUT2D eigenvalue weighted by atomic mass is 10.2. The largest absolute Gasteiger partial charge is 0.338 e. The van der Waals surface area contributed by atoms with Gasteiger partial charge in [-0.25, -0.2) is 4.98 Å². The van der Waals surface area contributed by atoms with Crippen molar-refractivity contribution in [3.63, 3.8) is 0 Å². The van der Waals surface area contributed by atoms with E-state index in [0.29, 0.717) is 17.2 Å². The molecule has 0 spiro atoms. The SMILES string of the molecule is CCC(Sc1nnc2c(n1)[nH]c1ccccc12)C(=O)Nc1ccccc1C. The van der Waals surface area contributed by atoms with Crippen molar-refractivity contribution in [3.8, 4) is 0 Å². The Balaban J connectivity index is 1.56. The maximum absolute atomic E-state index is 12.7. The first kappa shape index (κ1) is 17.5. The van der Waals surface area contributed by atoms with Crippen molar-refractivity contribution in [2.75, 3.05) is 5.32 Å². The molecule has 2 N–H and O–H groups in total. The summed E-state index contributed by atoms with van der Waals surface area (Å²) in [5.74, 6) is -0.0582. The van der Waals surface area contributed by atoms with Crippen LogP contribution in [0.1, 0.15) is 18.9 Å². The van der Waals surface area contributed by atoms with E-state index in [9.17, 15) is 4.79 Å². The highest BCUT2D eigenvalue weighted by molar-refractivity contribution is 8.00. The van der Waals surface area contributed by atoms with Crippen molar-refractivity contribution >= 4 is 45.4 Å². The van der Waals surface area contributed by atoms with Gasteiger partial charge in [-0.1, -0.05) is 55.1 Å². The molecular weight excluding hydrogens is 358 g/mol. The number of aromatic nitrogens is 4. The van der Waals surface area contributed by atoms with Crippen LogP contribution in [0.5, 0.6) is 0 Å². The summed E-state index contributed by atoms with van der Waals surface area (Å²) in [4.78, 5) is 20.5. The van der Waals surface area contributed by atoms with Crippen molar-refractivity contribution < 1.29 is 4.79 Å². The summed E-state index contributed by atoms with van der Waals surface area (Å²) in [6, 6.07) is 15.6. The predicted octanol–water partition coefficient (Wildman–Crippen LogP) is 4.32. The van der Waals surface area contributed by atoms with Gasteiger partial charge in [-0.2, -0.15) is 0 Å². The second-order valence-corrected chi connectivity index (χ2v) is 7.45. The molecule has 0 aliphatic carbocycles. The van der Waals surface area contributed by atoms with Crippen LogP contribution in [0, 0.1) is 6.92 Å². The van der Waals surface area contributed by atoms with Gasteiger partial charge >= 0.3 is 0 Å². The van der Waals surface area contributed by atoms with Crippen molar-refractivity contribution in [2.45, 2.75) is 30.7 Å². The molecule has 0 aliphatic heterocycles. The zero-order valence-electron chi connectivity index (χ0n) is 15.1. The molecule has 7 heteroatoms. The average molecular weight is 377 g/mol. The maximum atomic E-state index is 12.7. The standard InChI is InChI=1S/C20H19N5OS/c1-3-16(19(26)22-14-10-6-4-8-12(14)2)27-20-23-18-17(24-25-20)13-9-5-7-11-15(13)21-18/h4-11,16H,3H2,1-2H3,(H,22,26)(H,21,23,25). The molecule has 6 nitrogen and oxygen atoms in total. The van der Waals surface area contributed by atoms with E-state index in [-0.39, 0.29) is 11.2 Å². The van der Waals surface area contributed by atoms with Gasteiger partial charge in [-0.15, -0.1) is 10.2 Å². The van der Waals surface area contributed by atoms with E-state index in [4.69, 9.17) is 0 Å².